The van der Waals surface area contributed by atoms with E-state index in [4.69, 9.17) is 4.74 Å². The second-order valence-corrected chi connectivity index (χ2v) is 5.93. The van der Waals surface area contributed by atoms with Crippen LogP contribution in [0.2, 0.25) is 0 Å². The maximum absolute atomic E-state index is 12.4. The van der Waals surface area contributed by atoms with Gasteiger partial charge in [0.2, 0.25) is 5.91 Å². The SMILES string of the molecule is CCN(CC)C(=O)CN1CCOCC1CC(O)c1ccccc1. The Kier molecular flexibility index (Phi) is 7.02. The van der Waals surface area contributed by atoms with Crippen LogP contribution in [0.3, 0.4) is 0 Å². The fourth-order valence-electron chi connectivity index (χ4n) is 3.03. The van der Waals surface area contributed by atoms with Gasteiger partial charge in [0.15, 0.2) is 0 Å². The smallest absolute Gasteiger partial charge is 0.236 e. The molecule has 1 heterocycles. The lowest BCUT2D eigenvalue weighted by Gasteiger charge is -2.37. The van der Waals surface area contributed by atoms with Gasteiger partial charge in [-0.1, -0.05) is 30.3 Å². The standard InChI is InChI=1S/C18H28N2O3/c1-3-19(4-2)18(22)13-20-10-11-23-14-16(20)12-17(21)15-8-6-5-7-9-15/h5-9,16-17,21H,3-4,10-14H2,1-2H3. The Balaban J connectivity index is 1.96. The summed E-state index contributed by atoms with van der Waals surface area (Å²) >= 11 is 0. The van der Waals surface area contributed by atoms with Crippen LogP contribution in [-0.2, 0) is 9.53 Å². The Bertz CT molecular complexity index is 476. The van der Waals surface area contributed by atoms with E-state index in [9.17, 15) is 9.90 Å². The molecule has 0 saturated carbocycles. The molecule has 0 spiro atoms. The van der Waals surface area contributed by atoms with Gasteiger partial charge in [-0.15, -0.1) is 0 Å². The highest BCUT2D eigenvalue weighted by atomic mass is 16.5. The molecule has 0 aliphatic carbocycles. The Labute approximate surface area is 138 Å². The van der Waals surface area contributed by atoms with E-state index in [1.165, 1.54) is 0 Å². The fraction of sp³-hybridized carbons (Fsp3) is 0.611. The number of nitrogens with zero attached hydrogens (tertiary/aromatic N) is 2. The second kappa shape index (κ2) is 9.01. The van der Waals surface area contributed by atoms with Crippen molar-refractivity contribution in [1.82, 2.24) is 9.80 Å². The van der Waals surface area contributed by atoms with Crippen LogP contribution in [-0.4, -0.2) is 66.2 Å². The molecule has 1 aromatic carbocycles. The normalized spacial score (nSPS) is 20.2. The van der Waals surface area contributed by atoms with Crippen LogP contribution in [0.25, 0.3) is 0 Å². The number of carbonyl (C=O) groups excluding carboxylic acids is 1. The first-order chi connectivity index (χ1) is 11.2. The first-order valence-electron chi connectivity index (χ1n) is 8.48. The molecule has 1 amide bonds. The van der Waals surface area contributed by atoms with Crippen molar-refractivity contribution in [1.29, 1.82) is 0 Å². The molecule has 1 saturated heterocycles. The van der Waals surface area contributed by atoms with Crippen molar-refractivity contribution in [2.45, 2.75) is 32.4 Å². The predicted molar refractivity (Wildman–Crippen MR) is 90.1 cm³/mol. The van der Waals surface area contributed by atoms with Gasteiger partial charge >= 0.3 is 0 Å². The average molecular weight is 320 g/mol. The van der Waals surface area contributed by atoms with Gasteiger partial charge in [-0.25, -0.2) is 0 Å². The minimum Gasteiger partial charge on any atom is -0.388 e. The zero-order chi connectivity index (χ0) is 16.7. The first kappa shape index (κ1) is 17.9. The number of aliphatic hydroxyl groups excluding tert-OH is 1. The Morgan fingerprint density at radius 3 is 2.70 bits per heavy atom. The van der Waals surface area contributed by atoms with Crippen LogP contribution in [0.5, 0.6) is 0 Å². The van der Waals surface area contributed by atoms with E-state index in [0.717, 1.165) is 25.2 Å². The fourth-order valence-corrected chi connectivity index (χ4v) is 3.03. The molecule has 5 nitrogen and oxygen atoms in total. The summed E-state index contributed by atoms with van der Waals surface area (Å²) in [5.41, 5.74) is 0.910. The van der Waals surface area contributed by atoms with E-state index in [1.54, 1.807) is 0 Å². The molecule has 128 valence electrons. The van der Waals surface area contributed by atoms with Crippen molar-refractivity contribution in [3.8, 4) is 0 Å². The van der Waals surface area contributed by atoms with E-state index in [0.29, 0.717) is 26.2 Å². The molecule has 0 aromatic heterocycles. The summed E-state index contributed by atoms with van der Waals surface area (Å²) < 4.78 is 5.57. The van der Waals surface area contributed by atoms with E-state index in [2.05, 4.69) is 4.90 Å². The van der Waals surface area contributed by atoms with E-state index in [-0.39, 0.29) is 11.9 Å². The second-order valence-electron chi connectivity index (χ2n) is 5.93. The van der Waals surface area contributed by atoms with Crippen molar-refractivity contribution in [3.05, 3.63) is 35.9 Å². The molecule has 2 unspecified atom stereocenters. The molecular weight excluding hydrogens is 292 g/mol. The minimum atomic E-state index is -0.533. The molecule has 2 rings (SSSR count). The van der Waals surface area contributed by atoms with Gasteiger partial charge in [-0.2, -0.15) is 0 Å². The number of morpholine rings is 1. The van der Waals surface area contributed by atoms with Crippen LogP contribution < -0.4 is 0 Å². The highest BCUT2D eigenvalue weighted by Gasteiger charge is 2.28. The van der Waals surface area contributed by atoms with Gasteiger partial charge in [0.25, 0.3) is 0 Å². The zero-order valence-corrected chi connectivity index (χ0v) is 14.1. The monoisotopic (exact) mass is 320 g/mol. The number of likely N-dealkylation sites (N-methyl/N-ethyl adjacent to an activating group) is 1. The van der Waals surface area contributed by atoms with Crippen molar-refractivity contribution in [2.75, 3.05) is 39.4 Å². The molecule has 2 atom stereocenters. The molecule has 5 heteroatoms. The molecule has 1 aliphatic heterocycles. The summed E-state index contributed by atoms with van der Waals surface area (Å²) in [4.78, 5) is 16.4. The van der Waals surface area contributed by atoms with Gasteiger partial charge in [-0.05, 0) is 25.8 Å². The summed E-state index contributed by atoms with van der Waals surface area (Å²) in [6.45, 7) is 7.80. The number of benzene rings is 1. The molecule has 23 heavy (non-hydrogen) atoms. The predicted octanol–water partition coefficient (Wildman–Crippen LogP) is 1.68. The lowest BCUT2D eigenvalue weighted by atomic mass is 10.0. The van der Waals surface area contributed by atoms with Gasteiger partial charge < -0.3 is 14.7 Å². The van der Waals surface area contributed by atoms with Gasteiger partial charge in [-0.3, -0.25) is 9.69 Å². The molecule has 1 aliphatic rings. The highest BCUT2D eigenvalue weighted by molar-refractivity contribution is 5.78. The molecule has 0 bridgehead atoms. The Hall–Kier alpha value is -1.43. The van der Waals surface area contributed by atoms with Gasteiger partial charge in [0.05, 0.1) is 25.9 Å². The van der Waals surface area contributed by atoms with Crippen LogP contribution in [0.15, 0.2) is 30.3 Å². The van der Waals surface area contributed by atoms with Crippen LogP contribution in [0, 0.1) is 0 Å². The van der Waals surface area contributed by atoms with Crippen molar-refractivity contribution >= 4 is 5.91 Å². The summed E-state index contributed by atoms with van der Waals surface area (Å²) in [6, 6.07) is 9.72. The quantitative estimate of drug-likeness (QED) is 0.830. The van der Waals surface area contributed by atoms with E-state index >= 15 is 0 Å². The third-order valence-corrected chi connectivity index (χ3v) is 4.48. The van der Waals surface area contributed by atoms with Crippen LogP contribution >= 0.6 is 0 Å². The number of rotatable bonds is 7. The summed E-state index contributed by atoms with van der Waals surface area (Å²) in [6.07, 6.45) is 0.0455. The van der Waals surface area contributed by atoms with Crippen molar-refractivity contribution in [3.63, 3.8) is 0 Å². The molecule has 1 fully saturated rings. The van der Waals surface area contributed by atoms with Gasteiger partial charge in [0.1, 0.15) is 0 Å². The topological polar surface area (TPSA) is 53.0 Å². The van der Waals surface area contributed by atoms with Crippen LogP contribution in [0.4, 0.5) is 0 Å². The van der Waals surface area contributed by atoms with Gasteiger partial charge in [0, 0.05) is 25.7 Å². The maximum Gasteiger partial charge on any atom is 0.236 e. The summed E-state index contributed by atoms with van der Waals surface area (Å²) in [7, 11) is 0. The largest absolute Gasteiger partial charge is 0.388 e. The molecular formula is C18H28N2O3. The van der Waals surface area contributed by atoms with Crippen LogP contribution in [0.1, 0.15) is 31.9 Å². The summed E-state index contributed by atoms with van der Waals surface area (Å²) in [5.74, 6) is 0.149. The highest BCUT2D eigenvalue weighted by Crippen LogP contribution is 2.22. The number of hydrogen-bond donors (Lipinski definition) is 1. The Morgan fingerprint density at radius 1 is 1.35 bits per heavy atom. The third kappa shape index (κ3) is 5.03. The molecule has 1 aromatic rings. The first-order valence-corrected chi connectivity index (χ1v) is 8.48. The lowest BCUT2D eigenvalue weighted by molar-refractivity contribution is -0.134. The lowest BCUT2D eigenvalue weighted by Crippen LogP contribution is -2.50. The average Bonchev–Trinajstić information content (AvgIpc) is 2.58. The zero-order valence-electron chi connectivity index (χ0n) is 14.1. The third-order valence-electron chi connectivity index (χ3n) is 4.48. The minimum absolute atomic E-state index is 0.0680. The number of amides is 1. The Morgan fingerprint density at radius 2 is 2.04 bits per heavy atom. The molecule has 1 N–H and O–H groups in total. The number of ether oxygens (including phenoxy) is 1. The number of carbonyl (C=O) groups is 1. The van der Waals surface area contributed by atoms with Crippen molar-refractivity contribution < 1.29 is 14.6 Å². The molecule has 0 radical (unpaired) electrons. The number of aliphatic hydroxyl groups is 1. The van der Waals surface area contributed by atoms with Crippen molar-refractivity contribution in [2.24, 2.45) is 0 Å². The maximum atomic E-state index is 12.4. The van der Waals surface area contributed by atoms with E-state index < -0.39 is 6.10 Å². The van der Waals surface area contributed by atoms with E-state index in [1.807, 2.05) is 49.1 Å². The number of hydrogen-bond acceptors (Lipinski definition) is 4. The summed E-state index contributed by atoms with van der Waals surface area (Å²) in [5, 5.41) is 10.4.